The second-order valence-corrected chi connectivity index (χ2v) is 4.50. The Bertz CT molecular complexity index is 370. The van der Waals surface area contributed by atoms with Crippen molar-refractivity contribution in [3.05, 3.63) is 33.3 Å². The number of amides is 1. The molecule has 1 unspecified atom stereocenters. The van der Waals surface area contributed by atoms with Crippen molar-refractivity contribution in [1.29, 1.82) is 0 Å². The number of hydrogen-bond acceptors (Lipinski definition) is 2. The van der Waals surface area contributed by atoms with Crippen molar-refractivity contribution in [1.82, 2.24) is 5.32 Å². The third-order valence-corrected chi connectivity index (χ3v) is 2.63. The number of halogens is 2. The van der Waals surface area contributed by atoms with Crippen LogP contribution in [-0.4, -0.2) is 23.7 Å². The minimum atomic E-state index is -0.283. The van der Waals surface area contributed by atoms with Gasteiger partial charge in [0.1, 0.15) is 0 Å². The van der Waals surface area contributed by atoms with E-state index in [1.165, 1.54) is 0 Å². The first-order valence-corrected chi connectivity index (χ1v) is 5.58. The molecule has 0 heterocycles. The van der Waals surface area contributed by atoms with Crippen molar-refractivity contribution in [2.45, 2.75) is 13.0 Å². The van der Waals surface area contributed by atoms with Crippen molar-refractivity contribution in [2.24, 2.45) is 0 Å². The lowest BCUT2D eigenvalue weighted by molar-refractivity contribution is 0.0922. The maximum absolute atomic E-state index is 11.6. The van der Waals surface area contributed by atoms with E-state index in [1.54, 1.807) is 25.1 Å². The summed E-state index contributed by atoms with van der Waals surface area (Å²) < 4.78 is 0.819. The molecular weight excluding hydrogens is 281 g/mol. The largest absolute Gasteiger partial charge is 0.394 e. The average Bonchev–Trinajstić information content (AvgIpc) is 2.17. The van der Waals surface area contributed by atoms with Crippen molar-refractivity contribution in [3.63, 3.8) is 0 Å². The van der Waals surface area contributed by atoms with Gasteiger partial charge in [0, 0.05) is 10.5 Å². The fourth-order valence-corrected chi connectivity index (χ4v) is 1.78. The van der Waals surface area contributed by atoms with E-state index in [0.29, 0.717) is 10.6 Å². The van der Waals surface area contributed by atoms with Gasteiger partial charge in [-0.3, -0.25) is 4.79 Å². The van der Waals surface area contributed by atoms with Gasteiger partial charge in [0.15, 0.2) is 0 Å². The fourth-order valence-electron chi connectivity index (χ4n) is 1.02. The van der Waals surface area contributed by atoms with Crippen LogP contribution in [0.15, 0.2) is 22.7 Å². The number of nitrogens with one attached hydrogen (secondary N) is 1. The van der Waals surface area contributed by atoms with Crippen LogP contribution in [0.1, 0.15) is 17.3 Å². The molecule has 1 aromatic rings. The summed E-state index contributed by atoms with van der Waals surface area (Å²) in [6, 6.07) is 4.74. The Morgan fingerprint density at radius 3 is 2.87 bits per heavy atom. The van der Waals surface area contributed by atoms with Crippen LogP contribution in [0.2, 0.25) is 5.02 Å². The Morgan fingerprint density at radius 1 is 1.67 bits per heavy atom. The molecule has 1 aromatic carbocycles. The zero-order valence-electron chi connectivity index (χ0n) is 8.13. The van der Waals surface area contributed by atoms with Crippen LogP contribution in [0.25, 0.3) is 0 Å². The summed E-state index contributed by atoms with van der Waals surface area (Å²) >= 11 is 9.15. The van der Waals surface area contributed by atoms with Crippen LogP contribution < -0.4 is 5.32 Å². The zero-order valence-corrected chi connectivity index (χ0v) is 10.5. The standard InChI is InChI=1S/C10H11BrClNO2/c1-6(5-14)13-10(15)8-3-2-7(11)4-9(8)12/h2-4,6,14H,5H2,1H3,(H,13,15). The normalized spacial score (nSPS) is 12.3. The van der Waals surface area contributed by atoms with Crippen LogP contribution in [0.3, 0.4) is 0 Å². The van der Waals surface area contributed by atoms with E-state index in [4.69, 9.17) is 16.7 Å². The predicted octanol–water partition coefficient (Wildman–Crippen LogP) is 2.21. The van der Waals surface area contributed by atoms with E-state index in [1.807, 2.05) is 0 Å². The first-order valence-electron chi connectivity index (χ1n) is 4.41. The van der Waals surface area contributed by atoms with Gasteiger partial charge in [0.05, 0.1) is 17.2 Å². The molecule has 5 heteroatoms. The topological polar surface area (TPSA) is 49.3 Å². The predicted molar refractivity (Wildman–Crippen MR) is 63.2 cm³/mol. The summed E-state index contributed by atoms with van der Waals surface area (Å²) in [5, 5.41) is 11.8. The lowest BCUT2D eigenvalue weighted by Crippen LogP contribution is -2.35. The van der Waals surface area contributed by atoms with Crippen LogP contribution in [0.4, 0.5) is 0 Å². The van der Waals surface area contributed by atoms with Crippen molar-refractivity contribution >= 4 is 33.4 Å². The molecule has 1 rings (SSSR count). The second-order valence-electron chi connectivity index (χ2n) is 3.18. The molecular formula is C10H11BrClNO2. The highest BCUT2D eigenvalue weighted by atomic mass is 79.9. The first-order chi connectivity index (χ1) is 7.04. The SMILES string of the molecule is CC(CO)NC(=O)c1ccc(Br)cc1Cl. The Balaban J connectivity index is 2.82. The molecule has 0 aromatic heterocycles. The molecule has 0 fully saturated rings. The fraction of sp³-hybridized carbons (Fsp3) is 0.300. The molecule has 82 valence electrons. The zero-order chi connectivity index (χ0) is 11.4. The summed E-state index contributed by atoms with van der Waals surface area (Å²) in [4.78, 5) is 11.6. The highest BCUT2D eigenvalue weighted by Crippen LogP contribution is 2.21. The molecule has 0 aliphatic heterocycles. The van der Waals surface area contributed by atoms with Crippen molar-refractivity contribution in [2.75, 3.05) is 6.61 Å². The molecule has 0 aliphatic rings. The van der Waals surface area contributed by atoms with Gasteiger partial charge >= 0.3 is 0 Å². The maximum atomic E-state index is 11.6. The molecule has 0 saturated heterocycles. The van der Waals surface area contributed by atoms with Crippen molar-refractivity contribution < 1.29 is 9.90 Å². The van der Waals surface area contributed by atoms with Crippen molar-refractivity contribution in [3.8, 4) is 0 Å². The lowest BCUT2D eigenvalue weighted by atomic mass is 10.2. The highest BCUT2D eigenvalue weighted by Gasteiger charge is 2.12. The third-order valence-electron chi connectivity index (χ3n) is 1.83. The van der Waals surface area contributed by atoms with Crippen LogP contribution >= 0.6 is 27.5 Å². The quantitative estimate of drug-likeness (QED) is 0.897. The van der Waals surface area contributed by atoms with Gasteiger partial charge in [-0.2, -0.15) is 0 Å². The number of benzene rings is 1. The maximum Gasteiger partial charge on any atom is 0.253 e. The van der Waals surface area contributed by atoms with E-state index in [0.717, 1.165) is 4.47 Å². The Kier molecular flexibility index (Phi) is 4.57. The molecule has 0 spiro atoms. The number of aliphatic hydroxyl groups is 1. The van der Waals surface area contributed by atoms with Crippen LogP contribution in [0.5, 0.6) is 0 Å². The third kappa shape index (κ3) is 3.48. The van der Waals surface area contributed by atoms with Gasteiger partial charge in [-0.15, -0.1) is 0 Å². The molecule has 0 aliphatic carbocycles. The summed E-state index contributed by atoms with van der Waals surface area (Å²) in [7, 11) is 0. The molecule has 0 saturated carbocycles. The molecule has 0 radical (unpaired) electrons. The number of rotatable bonds is 3. The van der Waals surface area contributed by atoms with Crippen LogP contribution in [0, 0.1) is 0 Å². The van der Waals surface area contributed by atoms with E-state index in [9.17, 15) is 4.79 Å². The van der Waals surface area contributed by atoms with Gasteiger partial charge < -0.3 is 10.4 Å². The smallest absolute Gasteiger partial charge is 0.253 e. The summed E-state index contributed by atoms with van der Waals surface area (Å²) in [5.41, 5.74) is 0.403. The molecule has 2 N–H and O–H groups in total. The molecule has 1 amide bonds. The summed E-state index contributed by atoms with van der Waals surface area (Å²) in [6.07, 6.45) is 0. The van der Waals surface area contributed by atoms with Gasteiger partial charge in [-0.05, 0) is 25.1 Å². The number of aliphatic hydroxyl groups excluding tert-OH is 1. The Hall–Kier alpha value is -0.580. The van der Waals surface area contributed by atoms with Crippen LogP contribution in [-0.2, 0) is 0 Å². The monoisotopic (exact) mass is 291 g/mol. The molecule has 1 atom stereocenters. The average molecular weight is 293 g/mol. The van der Waals surface area contributed by atoms with Gasteiger partial charge in [0.25, 0.3) is 5.91 Å². The molecule has 15 heavy (non-hydrogen) atoms. The minimum absolute atomic E-state index is 0.0973. The van der Waals surface area contributed by atoms with E-state index < -0.39 is 0 Å². The Labute approximate surface area is 102 Å². The van der Waals surface area contributed by atoms with E-state index >= 15 is 0 Å². The second kappa shape index (κ2) is 5.49. The molecule has 3 nitrogen and oxygen atoms in total. The van der Waals surface area contributed by atoms with Gasteiger partial charge in [-0.25, -0.2) is 0 Å². The summed E-state index contributed by atoms with van der Waals surface area (Å²) in [5.74, 6) is -0.283. The number of hydrogen-bond donors (Lipinski definition) is 2. The summed E-state index contributed by atoms with van der Waals surface area (Å²) in [6.45, 7) is 1.62. The van der Waals surface area contributed by atoms with E-state index in [2.05, 4.69) is 21.2 Å². The first kappa shape index (κ1) is 12.5. The van der Waals surface area contributed by atoms with Gasteiger partial charge in [0.2, 0.25) is 0 Å². The van der Waals surface area contributed by atoms with E-state index in [-0.39, 0.29) is 18.6 Å². The highest BCUT2D eigenvalue weighted by molar-refractivity contribution is 9.10. The number of carbonyl (C=O) groups is 1. The molecule has 0 bridgehead atoms. The number of carbonyl (C=O) groups excluding carboxylic acids is 1. The Morgan fingerprint density at radius 2 is 2.33 bits per heavy atom. The lowest BCUT2D eigenvalue weighted by Gasteiger charge is -2.11. The minimum Gasteiger partial charge on any atom is -0.394 e. The van der Waals surface area contributed by atoms with Gasteiger partial charge in [-0.1, -0.05) is 27.5 Å².